The summed E-state index contributed by atoms with van der Waals surface area (Å²) < 4.78 is 13.0. The van der Waals surface area contributed by atoms with Crippen molar-refractivity contribution in [2.75, 3.05) is 40.5 Å². The van der Waals surface area contributed by atoms with Crippen LogP contribution in [-0.4, -0.2) is 72.0 Å². The molecule has 0 atom stereocenters. The van der Waals surface area contributed by atoms with Gasteiger partial charge in [-0.15, -0.1) is 24.0 Å². The van der Waals surface area contributed by atoms with Crippen molar-refractivity contribution in [3.05, 3.63) is 42.1 Å². The number of pyridine rings is 1. The second-order valence-electron chi connectivity index (χ2n) is 7.17. The first-order valence-electron chi connectivity index (χ1n) is 10.2. The van der Waals surface area contributed by atoms with Crippen molar-refractivity contribution in [1.29, 1.82) is 0 Å². The van der Waals surface area contributed by atoms with Crippen molar-refractivity contribution in [3.63, 3.8) is 0 Å². The normalized spacial score (nSPS) is 15.2. The molecule has 1 N–H and O–H groups in total. The van der Waals surface area contributed by atoms with Gasteiger partial charge in [-0.3, -0.25) is 9.56 Å². The zero-order valence-electron chi connectivity index (χ0n) is 18.1. The van der Waals surface area contributed by atoms with Crippen LogP contribution in [0.3, 0.4) is 0 Å². The van der Waals surface area contributed by atoms with E-state index in [1.165, 1.54) is 0 Å². The van der Waals surface area contributed by atoms with Gasteiger partial charge in [0.1, 0.15) is 11.6 Å². The molecule has 9 heteroatoms. The molecule has 2 aromatic heterocycles. The number of methoxy groups -OCH3 is 1. The number of aliphatic imine (C=N–C) groups is 1. The van der Waals surface area contributed by atoms with E-state index in [0.29, 0.717) is 12.6 Å². The van der Waals surface area contributed by atoms with E-state index in [2.05, 4.69) is 31.2 Å². The van der Waals surface area contributed by atoms with Gasteiger partial charge >= 0.3 is 0 Å². The Kier molecular flexibility index (Phi) is 10.5. The lowest BCUT2D eigenvalue weighted by atomic mass is 10.1. The molecule has 8 nitrogen and oxygen atoms in total. The highest BCUT2D eigenvalue weighted by molar-refractivity contribution is 14.0. The lowest BCUT2D eigenvalue weighted by Gasteiger charge is -2.34. The van der Waals surface area contributed by atoms with Gasteiger partial charge in [-0.1, -0.05) is 6.07 Å². The number of hydrogen-bond donors (Lipinski definition) is 1. The molecule has 0 aliphatic carbocycles. The Balaban J connectivity index is 0.00000320. The van der Waals surface area contributed by atoms with Crippen molar-refractivity contribution in [3.8, 4) is 5.82 Å². The zero-order chi connectivity index (χ0) is 20.5. The molecule has 0 spiro atoms. The SMILES string of the molecule is CN=C(NCc1ccc(-n2ccnc2C)nc1)N1CCC(OCCCOC)CC1.I. The molecule has 2 aromatic rings. The van der Waals surface area contributed by atoms with E-state index in [0.717, 1.165) is 68.7 Å². The lowest BCUT2D eigenvalue weighted by Crippen LogP contribution is -2.46. The molecule has 166 valence electrons. The summed E-state index contributed by atoms with van der Waals surface area (Å²) in [6.07, 6.45) is 8.93. The van der Waals surface area contributed by atoms with Crippen LogP contribution >= 0.6 is 24.0 Å². The van der Waals surface area contributed by atoms with Gasteiger partial charge in [0.25, 0.3) is 0 Å². The summed E-state index contributed by atoms with van der Waals surface area (Å²) in [6, 6.07) is 4.10. The van der Waals surface area contributed by atoms with E-state index < -0.39 is 0 Å². The quantitative estimate of drug-likeness (QED) is 0.246. The Hall–Kier alpha value is -1.72. The number of aromatic nitrogens is 3. The molecule has 0 radical (unpaired) electrons. The molecular weight excluding hydrogens is 495 g/mol. The standard InChI is InChI=1S/C21H32N6O2.HI/c1-17-23-9-12-27(17)20-6-5-18(15-24-20)16-25-21(22-2)26-10-7-19(8-11-26)29-14-4-13-28-3;/h5-6,9,12,15,19H,4,7-8,10-11,13-14,16H2,1-3H3,(H,22,25);1H. The van der Waals surface area contributed by atoms with Gasteiger partial charge in [0.05, 0.1) is 6.10 Å². The molecule has 1 aliphatic heterocycles. The molecule has 0 bridgehead atoms. The third-order valence-corrected chi connectivity index (χ3v) is 5.13. The molecule has 0 unspecified atom stereocenters. The van der Waals surface area contributed by atoms with Crippen LogP contribution in [0.5, 0.6) is 0 Å². The van der Waals surface area contributed by atoms with Gasteiger partial charge in [0, 0.05) is 65.6 Å². The maximum atomic E-state index is 5.94. The summed E-state index contributed by atoms with van der Waals surface area (Å²) in [5.41, 5.74) is 1.11. The Labute approximate surface area is 196 Å². The summed E-state index contributed by atoms with van der Waals surface area (Å²) in [5, 5.41) is 3.46. The van der Waals surface area contributed by atoms with E-state index in [1.807, 2.05) is 37.0 Å². The van der Waals surface area contributed by atoms with Crippen LogP contribution in [0, 0.1) is 6.92 Å². The van der Waals surface area contributed by atoms with Gasteiger partial charge < -0.3 is 19.7 Å². The highest BCUT2D eigenvalue weighted by atomic mass is 127. The van der Waals surface area contributed by atoms with Gasteiger partial charge in [0.15, 0.2) is 5.96 Å². The molecule has 3 rings (SSSR count). The second-order valence-corrected chi connectivity index (χ2v) is 7.17. The van der Waals surface area contributed by atoms with Crippen LogP contribution < -0.4 is 5.32 Å². The maximum absolute atomic E-state index is 5.94. The van der Waals surface area contributed by atoms with Gasteiger partial charge in [-0.05, 0) is 37.8 Å². The predicted octanol–water partition coefficient (Wildman–Crippen LogP) is 2.79. The summed E-state index contributed by atoms with van der Waals surface area (Å²) in [6.45, 7) is 6.09. The number of guanidine groups is 1. The van der Waals surface area contributed by atoms with Gasteiger partial charge in [0.2, 0.25) is 0 Å². The molecule has 3 heterocycles. The minimum atomic E-state index is 0. The van der Waals surface area contributed by atoms with Crippen molar-refractivity contribution in [1.82, 2.24) is 24.8 Å². The molecule has 0 amide bonds. The molecule has 1 saturated heterocycles. The van der Waals surface area contributed by atoms with Crippen molar-refractivity contribution in [2.45, 2.75) is 38.8 Å². The average Bonchev–Trinajstić information content (AvgIpc) is 3.19. The number of piperidine rings is 1. The molecule has 0 aromatic carbocycles. The number of imidazole rings is 1. The number of rotatable bonds is 8. The van der Waals surface area contributed by atoms with Crippen LogP contribution in [0.2, 0.25) is 0 Å². The molecule has 30 heavy (non-hydrogen) atoms. The topological polar surface area (TPSA) is 76.8 Å². The number of hydrogen-bond acceptors (Lipinski definition) is 5. The van der Waals surface area contributed by atoms with E-state index in [9.17, 15) is 0 Å². The molecule has 0 saturated carbocycles. The first kappa shape index (κ1) is 24.5. The average molecular weight is 528 g/mol. The molecule has 1 fully saturated rings. The fraction of sp³-hybridized carbons (Fsp3) is 0.571. The number of nitrogens with one attached hydrogen (secondary N) is 1. The van der Waals surface area contributed by atoms with Crippen LogP contribution in [0.15, 0.2) is 35.7 Å². The fourth-order valence-electron chi connectivity index (χ4n) is 3.48. The maximum Gasteiger partial charge on any atom is 0.193 e. The lowest BCUT2D eigenvalue weighted by molar-refractivity contribution is 0.00989. The highest BCUT2D eigenvalue weighted by Crippen LogP contribution is 2.14. The highest BCUT2D eigenvalue weighted by Gasteiger charge is 2.21. The van der Waals surface area contributed by atoms with Crippen LogP contribution in [-0.2, 0) is 16.0 Å². The van der Waals surface area contributed by atoms with Crippen molar-refractivity contribution in [2.24, 2.45) is 4.99 Å². The number of aryl methyl sites for hydroxylation is 1. The number of halogens is 1. The number of ether oxygens (including phenoxy) is 2. The molecular formula is C21H33IN6O2. The molecule has 1 aliphatic rings. The van der Waals surface area contributed by atoms with E-state index >= 15 is 0 Å². The largest absolute Gasteiger partial charge is 0.385 e. The minimum Gasteiger partial charge on any atom is -0.385 e. The Morgan fingerprint density at radius 3 is 2.63 bits per heavy atom. The first-order valence-corrected chi connectivity index (χ1v) is 10.2. The van der Waals surface area contributed by atoms with E-state index in [-0.39, 0.29) is 24.0 Å². The minimum absolute atomic E-state index is 0. The van der Waals surface area contributed by atoms with Crippen LogP contribution in [0.1, 0.15) is 30.7 Å². The predicted molar refractivity (Wildman–Crippen MR) is 129 cm³/mol. The first-order chi connectivity index (χ1) is 14.2. The smallest absolute Gasteiger partial charge is 0.193 e. The van der Waals surface area contributed by atoms with Gasteiger partial charge in [-0.2, -0.15) is 0 Å². The van der Waals surface area contributed by atoms with Crippen LogP contribution in [0.25, 0.3) is 5.82 Å². The van der Waals surface area contributed by atoms with Crippen molar-refractivity contribution < 1.29 is 9.47 Å². The Morgan fingerprint density at radius 2 is 2.03 bits per heavy atom. The third kappa shape index (κ3) is 6.92. The number of likely N-dealkylation sites (tertiary alicyclic amines) is 1. The summed E-state index contributed by atoms with van der Waals surface area (Å²) >= 11 is 0. The fourth-order valence-corrected chi connectivity index (χ4v) is 3.48. The summed E-state index contributed by atoms with van der Waals surface area (Å²) in [4.78, 5) is 15.5. The zero-order valence-corrected chi connectivity index (χ0v) is 20.4. The summed E-state index contributed by atoms with van der Waals surface area (Å²) in [5.74, 6) is 2.73. The summed E-state index contributed by atoms with van der Waals surface area (Å²) in [7, 11) is 3.56. The van der Waals surface area contributed by atoms with E-state index in [4.69, 9.17) is 9.47 Å². The monoisotopic (exact) mass is 528 g/mol. The van der Waals surface area contributed by atoms with E-state index in [1.54, 1.807) is 13.3 Å². The van der Waals surface area contributed by atoms with Crippen molar-refractivity contribution >= 4 is 29.9 Å². The second kappa shape index (κ2) is 12.9. The number of nitrogens with zero attached hydrogens (tertiary/aromatic N) is 5. The third-order valence-electron chi connectivity index (χ3n) is 5.13. The Morgan fingerprint density at radius 1 is 1.23 bits per heavy atom. The Bertz CT molecular complexity index is 772. The van der Waals surface area contributed by atoms with Gasteiger partial charge in [-0.25, -0.2) is 9.97 Å². The van der Waals surface area contributed by atoms with Crippen LogP contribution in [0.4, 0.5) is 0 Å².